The number of furan rings is 1. The van der Waals surface area contributed by atoms with Crippen LogP contribution >= 0.6 is 11.6 Å². The van der Waals surface area contributed by atoms with Crippen LogP contribution in [0.5, 0.6) is 0 Å². The van der Waals surface area contributed by atoms with Gasteiger partial charge in [0.2, 0.25) is 0 Å². The fourth-order valence-electron chi connectivity index (χ4n) is 1.77. The topological polar surface area (TPSA) is 42.7 Å². The van der Waals surface area contributed by atoms with E-state index in [9.17, 15) is 4.79 Å². The Labute approximate surface area is 99.1 Å². The molecule has 1 fully saturated rings. The number of alkyl halides is 1. The van der Waals surface area contributed by atoms with E-state index in [-0.39, 0.29) is 11.9 Å². The van der Waals surface area contributed by atoms with Gasteiger partial charge in [-0.1, -0.05) is 0 Å². The van der Waals surface area contributed by atoms with Crippen molar-refractivity contribution in [3.05, 3.63) is 23.7 Å². The summed E-state index contributed by atoms with van der Waals surface area (Å²) in [5.74, 6) is 0.680. The lowest BCUT2D eigenvalue weighted by Gasteiger charge is -2.33. The summed E-state index contributed by atoms with van der Waals surface area (Å²) in [7, 11) is 0. The highest BCUT2D eigenvalue weighted by atomic mass is 35.5. The molecule has 0 aliphatic carbocycles. The molecule has 0 aromatic carbocycles. The van der Waals surface area contributed by atoms with Gasteiger partial charge in [-0.3, -0.25) is 4.79 Å². The van der Waals surface area contributed by atoms with Crippen LogP contribution in [0.3, 0.4) is 0 Å². The highest BCUT2D eigenvalue weighted by Crippen LogP contribution is 2.16. The van der Waals surface area contributed by atoms with Gasteiger partial charge in [0.25, 0.3) is 5.91 Å². The van der Waals surface area contributed by atoms with Gasteiger partial charge in [0.05, 0.1) is 25.5 Å². The van der Waals surface area contributed by atoms with Crippen LogP contribution in [0.2, 0.25) is 0 Å². The highest BCUT2D eigenvalue weighted by molar-refractivity contribution is 6.18. The minimum atomic E-state index is -0.101. The molecule has 1 aliphatic heterocycles. The third-order valence-corrected chi connectivity index (χ3v) is 3.08. The SMILES string of the molecule is Cc1ccoc1C(=O)N1CCOCC1CCl. The lowest BCUT2D eigenvalue weighted by molar-refractivity contribution is 0.00287. The number of ether oxygens (including phenoxy) is 1. The second-order valence-corrected chi connectivity index (χ2v) is 4.12. The maximum atomic E-state index is 12.2. The number of carbonyl (C=O) groups excluding carboxylic acids is 1. The van der Waals surface area contributed by atoms with Crippen molar-refractivity contribution in [2.45, 2.75) is 13.0 Å². The van der Waals surface area contributed by atoms with Crippen LogP contribution in [0.1, 0.15) is 16.1 Å². The highest BCUT2D eigenvalue weighted by Gasteiger charge is 2.29. The van der Waals surface area contributed by atoms with Crippen LogP contribution in [-0.2, 0) is 4.74 Å². The minimum absolute atomic E-state index is 0.0626. The molecule has 1 amide bonds. The van der Waals surface area contributed by atoms with Crippen LogP contribution in [0.4, 0.5) is 0 Å². The second kappa shape index (κ2) is 4.89. The number of morpholine rings is 1. The normalized spacial score (nSPS) is 21.1. The van der Waals surface area contributed by atoms with Gasteiger partial charge in [-0.25, -0.2) is 0 Å². The van der Waals surface area contributed by atoms with Crippen LogP contribution in [0.15, 0.2) is 16.7 Å². The zero-order valence-corrected chi connectivity index (χ0v) is 9.87. The van der Waals surface area contributed by atoms with E-state index in [0.29, 0.717) is 31.4 Å². The molecular formula is C11H14ClNO3. The van der Waals surface area contributed by atoms with E-state index in [4.69, 9.17) is 20.8 Å². The first-order valence-corrected chi connectivity index (χ1v) is 5.76. The second-order valence-electron chi connectivity index (χ2n) is 3.81. The molecule has 88 valence electrons. The largest absolute Gasteiger partial charge is 0.459 e. The number of hydrogen-bond acceptors (Lipinski definition) is 3. The molecule has 5 heteroatoms. The number of aryl methyl sites for hydroxylation is 1. The molecule has 1 atom stereocenters. The van der Waals surface area contributed by atoms with Crippen molar-refractivity contribution in [2.24, 2.45) is 0 Å². The first-order chi connectivity index (χ1) is 7.74. The van der Waals surface area contributed by atoms with E-state index >= 15 is 0 Å². The fraction of sp³-hybridized carbons (Fsp3) is 0.545. The van der Waals surface area contributed by atoms with E-state index < -0.39 is 0 Å². The summed E-state index contributed by atoms with van der Waals surface area (Å²) in [6, 6.07) is 1.72. The zero-order chi connectivity index (χ0) is 11.5. The van der Waals surface area contributed by atoms with Gasteiger partial charge in [0, 0.05) is 18.0 Å². The Morgan fingerprint density at radius 3 is 3.12 bits per heavy atom. The summed E-state index contributed by atoms with van der Waals surface area (Å²) in [6.45, 7) is 3.47. The molecule has 2 heterocycles. The molecule has 1 aliphatic rings. The van der Waals surface area contributed by atoms with Crippen molar-refractivity contribution in [1.82, 2.24) is 4.90 Å². The number of carbonyl (C=O) groups is 1. The predicted molar refractivity (Wildman–Crippen MR) is 59.8 cm³/mol. The van der Waals surface area contributed by atoms with Crippen LogP contribution in [0.25, 0.3) is 0 Å². The molecule has 0 spiro atoms. The van der Waals surface area contributed by atoms with Crippen LogP contribution < -0.4 is 0 Å². The van der Waals surface area contributed by atoms with E-state index in [1.54, 1.807) is 11.0 Å². The molecule has 1 saturated heterocycles. The van der Waals surface area contributed by atoms with Gasteiger partial charge in [0.1, 0.15) is 0 Å². The lowest BCUT2D eigenvalue weighted by Crippen LogP contribution is -2.49. The molecule has 0 saturated carbocycles. The van der Waals surface area contributed by atoms with Gasteiger partial charge in [-0.15, -0.1) is 11.6 Å². The standard InChI is InChI=1S/C11H14ClNO3/c1-8-2-4-16-10(8)11(14)13-3-5-15-7-9(13)6-12/h2,4,9H,3,5-7H2,1H3. The average Bonchev–Trinajstić information content (AvgIpc) is 2.74. The molecule has 16 heavy (non-hydrogen) atoms. The third-order valence-electron chi connectivity index (χ3n) is 2.72. The molecule has 0 N–H and O–H groups in total. The molecule has 4 nitrogen and oxygen atoms in total. The first kappa shape index (κ1) is 11.5. The monoisotopic (exact) mass is 243 g/mol. The van der Waals surface area contributed by atoms with Crippen molar-refractivity contribution >= 4 is 17.5 Å². The van der Waals surface area contributed by atoms with Gasteiger partial charge >= 0.3 is 0 Å². The molecule has 1 unspecified atom stereocenters. The van der Waals surface area contributed by atoms with Gasteiger partial charge in [-0.05, 0) is 13.0 Å². The van der Waals surface area contributed by atoms with Crippen molar-refractivity contribution in [2.75, 3.05) is 25.6 Å². The summed E-state index contributed by atoms with van der Waals surface area (Å²) in [6.07, 6.45) is 1.53. The van der Waals surface area contributed by atoms with Crippen LogP contribution in [0, 0.1) is 6.92 Å². The zero-order valence-electron chi connectivity index (χ0n) is 9.11. The molecule has 1 aromatic rings. The fourth-order valence-corrected chi connectivity index (χ4v) is 2.03. The maximum absolute atomic E-state index is 12.2. The molecule has 1 aromatic heterocycles. The number of rotatable bonds is 2. The predicted octanol–water partition coefficient (Wildman–Crippen LogP) is 1.67. The minimum Gasteiger partial charge on any atom is -0.459 e. The Morgan fingerprint density at radius 2 is 2.50 bits per heavy atom. The van der Waals surface area contributed by atoms with Crippen molar-refractivity contribution in [3.63, 3.8) is 0 Å². The Bertz CT molecular complexity index is 377. The van der Waals surface area contributed by atoms with Crippen LogP contribution in [-0.4, -0.2) is 42.5 Å². The Hall–Kier alpha value is -1.00. The number of halogens is 1. The Kier molecular flexibility index (Phi) is 3.51. The average molecular weight is 244 g/mol. The third kappa shape index (κ3) is 2.08. The summed E-state index contributed by atoms with van der Waals surface area (Å²) in [5.41, 5.74) is 0.852. The first-order valence-electron chi connectivity index (χ1n) is 5.23. The van der Waals surface area contributed by atoms with Crippen molar-refractivity contribution < 1.29 is 13.9 Å². The molecular weight excluding hydrogens is 230 g/mol. The quantitative estimate of drug-likeness (QED) is 0.742. The van der Waals surface area contributed by atoms with E-state index in [0.717, 1.165) is 5.56 Å². The number of nitrogens with zero attached hydrogens (tertiary/aromatic N) is 1. The summed E-state index contributed by atoms with van der Waals surface area (Å²) in [4.78, 5) is 13.9. The molecule has 0 bridgehead atoms. The van der Waals surface area contributed by atoms with Gasteiger partial charge in [-0.2, -0.15) is 0 Å². The summed E-state index contributed by atoms with van der Waals surface area (Å²) < 4.78 is 10.5. The van der Waals surface area contributed by atoms with Gasteiger partial charge in [0.15, 0.2) is 5.76 Å². The summed E-state index contributed by atoms with van der Waals surface area (Å²) in [5, 5.41) is 0. The molecule has 0 radical (unpaired) electrons. The molecule has 2 rings (SSSR count). The van der Waals surface area contributed by atoms with Gasteiger partial charge < -0.3 is 14.1 Å². The van der Waals surface area contributed by atoms with E-state index in [1.165, 1.54) is 6.26 Å². The summed E-state index contributed by atoms with van der Waals surface area (Å²) >= 11 is 5.82. The van der Waals surface area contributed by atoms with E-state index in [1.807, 2.05) is 6.92 Å². The number of hydrogen-bond donors (Lipinski definition) is 0. The van der Waals surface area contributed by atoms with E-state index in [2.05, 4.69) is 0 Å². The number of amides is 1. The van der Waals surface area contributed by atoms with Crippen molar-refractivity contribution in [3.8, 4) is 0 Å². The Morgan fingerprint density at radius 1 is 1.69 bits per heavy atom. The van der Waals surface area contributed by atoms with Crippen molar-refractivity contribution in [1.29, 1.82) is 0 Å². The maximum Gasteiger partial charge on any atom is 0.290 e. The smallest absolute Gasteiger partial charge is 0.290 e. The lowest BCUT2D eigenvalue weighted by atomic mass is 10.2. The Balaban J connectivity index is 2.17.